The van der Waals surface area contributed by atoms with Gasteiger partial charge in [0, 0.05) is 16.9 Å². The van der Waals surface area contributed by atoms with E-state index in [1.807, 2.05) is 0 Å². The third kappa shape index (κ3) is 6.22. The van der Waals surface area contributed by atoms with Crippen LogP contribution in [0.5, 0.6) is 0 Å². The standard InChI is InChI=1S/C66H51N/c1-64(2,3)48-39-35-46(36-40-48)47-37-41-53(42-38-47)67(54-43-44-56-55-29-16-18-31-58(55)66(61(56)45-54,51-25-12-6-13-26-51)52-27-14-7-15-28-52)62-34-20-33-60-63(62)57-30-17-19-32-59(57)65(60,49-21-8-4-9-22-49)50-23-10-5-11-24-50/h4-45H,1-3H3. The van der Waals surface area contributed by atoms with Crippen molar-refractivity contribution in [2.75, 3.05) is 4.90 Å². The van der Waals surface area contributed by atoms with E-state index in [1.165, 1.54) is 83.5 Å². The van der Waals surface area contributed by atoms with Crippen LogP contribution < -0.4 is 4.90 Å². The van der Waals surface area contributed by atoms with Gasteiger partial charge in [-0.2, -0.15) is 0 Å². The summed E-state index contributed by atoms with van der Waals surface area (Å²) in [6, 6.07) is 95.1. The quantitative estimate of drug-likeness (QED) is 0.147. The molecule has 0 heterocycles. The lowest BCUT2D eigenvalue weighted by Gasteiger charge is -2.35. The van der Waals surface area contributed by atoms with E-state index in [2.05, 4.69) is 280 Å². The Kier molecular flexibility index (Phi) is 9.59. The van der Waals surface area contributed by atoms with Crippen LogP contribution in [0.2, 0.25) is 0 Å². The van der Waals surface area contributed by atoms with Crippen molar-refractivity contribution in [3.63, 3.8) is 0 Å². The van der Waals surface area contributed by atoms with Crippen molar-refractivity contribution in [1.82, 2.24) is 0 Å². The molecule has 12 rings (SSSR count). The summed E-state index contributed by atoms with van der Waals surface area (Å²) in [5.74, 6) is 0. The fourth-order valence-corrected chi connectivity index (χ4v) is 11.6. The molecule has 1 nitrogen and oxygen atoms in total. The van der Waals surface area contributed by atoms with E-state index in [-0.39, 0.29) is 5.41 Å². The van der Waals surface area contributed by atoms with E-state index in [9.17, 15) is 0 Å². The van der Waals surface area contributed by atoms with Gasteiger partial charge in [0.25, 0.3) is 0 Å². The van der Waals surface area contributed by atoms with Crippen molar-refractivity contribution in [3.05, 3.63) is 305 Å². The molecular formula is C66H51N. The van der Waals surface area contributed by atoms with Crippen LogP contribution >= 0.6 is 0 Å². The maximum atomic E-state index is 2.53. The first kappa shape index (κ1) is 40.5. The molecule has 0 aromatic heterocycles. The first-order chi connectivity index (χ1) is 32.9. The molecule has 0 N–H and O–H groups in total. The van der Waals surface area contributed by atoms with E-state index in [4.69, 9.17) is 0 Å². The zero-order chi connectivity index (χ0) is 45.2. The monoisotopic (exact) mass is 857 g/mol. The minimum Gasteiger partial charge on any atom is -0.310 e. The van der Waals surface area contributed by atoms with Crippen LogP contribution in [0.4, 0.5) is 17.1 Å². The molecule has 0 aliphatic heterocycles. The predicted molar refractivity (Wildman–Crippen MR) is 280 cm³/mol. The first-order valence-corrected chi connectivity index (χ1v) is 23.6. The van der Waals surface area contributed by atoms with Crippen molar-refractivity contribution in [2.45, 2.75) is 37.0 Å². The molecule has 0 saturated heterocycles. The zero-order valence-electron chi connectivity index (χ0n) is 38.2. The molecule has 0 unspecified atom stereocenters. The molecule has 320 valence electrons. The van der Waals surface area contributed by atoms with Crippen LogP contribution in [0.15, 0.2) is 255 Å². The van der Waals surface area contributed by atoms with Crippen molar-refractivity contribution in [2.24, 2.45) is 0 Å². The highest BCUT2D eigenvalue weighted by molar-refractivity contribution is 5.98. The second-order valence-electron chi connectivity index (χ2n) is 19.2. The Labute approximate surface area is 395 Å². The Morgan fingerprint density at radius 3 is 1.24 bits per heavy atom. The van der Waals surface area contributed by atoms with Crippen molar-refractivity contribution in [1.29, 1.82) is 0 Å². The fraction of sp³-hybridized carbons (Fsp3) is 0.0909. The van der Waals surface area contributed by atoms with Crippen molar-refractivity contribution >= 4 is 17.1 Å². The molecule has 0 spiro atoms. The number of benzene rings is 10. The number of hydrogen-bond acceptors (Lipinski definition) is 1. The van der Waals surface area contributed by atoms with Gasteiger partial charge in [0.15, 0.2) is 0 Å². The highest BCUT2D eigenvalue weighted by Crippen LogP contribution is 2.61. The number of rotatable bonds is 8. The van der Waals surface area contributed by atoms with Crippen LogP contribution in [0.1, 0.15) is 70.8 Å². The Hall–Kier alpha value is -8.00. The molecule has 0 saturated carbocycles. The summed E-state index contributed by atoms with van der Waals surface area (Å²) in [5, 5.41) is 0. The summed E-state index contributed by atoms with van der Waals surface area (Å²) >= 11 is 0. The molecule has 1 heteroatoms. The van der Waals surface area contributed by atoms with Gasteiger partial charge in [0.2, 0.25) is 0 Å². The average molecular weight is 858 g/mol. The van der Waals surface area contributed by atoms with Crippen LogP contribution in [0, 0.1) is 0 Å². The Morgan fingerprint density at radius 1 is 0.313 bits per heavy atom. The lowest BCUT2D eigenvalue weighted by molar-refractivity contribution is 0.590. The lowest BCUT2D eigenvalue weighted by atomic mass is 9.67. The van der Waals surface area contributed by atoms with Crippen molar-refractivity contribution < 1.29 is 0 Å². The summed E-state index contributed by atoms with van der Waals surface area (Å²) < 4.78 is 0. The predicted octanol–water partition coefficient (Wildman–Crippen LogP) is 16.8. The summed E-state index contributed by atoms with van der Waals surface area (Å²) in [5.41, 5.74) is 21.3. The van der Waals surface area contributed by atoms with Gasteiger partial charge < -0.3 is 4.90 Å². The Balaban J connectivity index is 1.13. The van der Waals surface area contributed by atoms with E-state index in [0.717, 1.165) is 17.1 Å². The smallest absolute Gasteiger partial charge is 0.0714 e. The largest absolute Gasteiger partial charge is 0.310 e. The van der Waals surface area contributed by atoms with Crippen molar-refractivity contribution in [3.8, 4) is 33.4 Å². The van der Waals surface area contributed by atoms with Crippen LogP contribution in [0.3, 0.4) is 0 Å². The van der Waals surface area contributed by atoms with Gasteiger partial charge >= 0.3 is 0 Å². The van der Waals surface area contributed by atoms with Gasteiger partial charge in [0.05, 0.1) is 16.5 Å². The molecule has 10 aromatic rings. The molecule has 2 aliphatic rings. The average Bonchev–Trinajstić information content (AvgIpc) is 3.86. The SMILES string of the molecule is CC(C)(C)c1ccc(-c2ccc(N(c3ccc4c(c3)C(c3ccccc3)(c3ccccc3)c3ccccc3-4)c3cccc4c3-c3ccccc3C4(c3ccccc3)c3ccccc3)cc2)cc1. The highest BCUT2D eigenvalue weighted by atomic mass is 15.1. The van der Waals surface area contributed by atoms with Crippen LogP contribution in [-0.4, -0.2) is 0 Å². The van der Waals surface area contributed by atoms with Gasteiger partial charge in [-0.1, -0.05) is 245 Å². The molecule has 0 bridgehead atoms. The molecule has 0 atom stereocenters. The normalized spacial score (nSPS) is 13.8. The molecule has 0 fully saturated rings. The second-order valence-corrected chi connectivity index (χ2v) is 19.2. The number of fused-ring (bicyclic) bond motifs is 6. The summed E-state index contributed by atoms with van der Waals surface area (Å²) in [7, 11) is 0. The Bertz CT molecular complexity index is 3320. The van der Waals surface area contributed by atoms with Gasteiger partial charge in [-0.15, -0.1) is 0 Å². The number of anilines is 3. The molecule has 0 radical (unpaired) electrons. The summed E-state index contributed by atoms with van der Waals surface area (Å²) in [6.45, 7) is 6.82. The third-order valence-corrected chi connectivity index (χ3v) is 14.6. The van der Waals surface area contributed by atoms with E-state index in [0.29, 0.717) is 0 Å². The van der Waals surface area contributed by atoms with Gasteiger partial charge in [-0.05, 0) is 114 Å². The zero-order valence-corrected chi connectivity index (χ0v) is 38.2. The van der Waals surface area contributed by atoms with Crippen LogP contribution in [-0.2, 0) is 16.2 Å². The summed E-state index contributed by atoms with van der Waals surface area (Å²) in [4.78, 5) is 2.53. The maximum Gasteiger partial charge on any atom is 0.0714 e. The third-order valence-electron chi connectivity index (χ3n) is 14.6. The van der Waals surface area contributed by atoms with E-state index >= 15 is 0 Å². The number of hydrogen-bond donors (Lipinski definition) is 0. The maximum absolute atomic E-state index is 2.53. The second kappa shape index (κ2) is 15.9. The summed E-state index contributed by atoms with van der Waals surface area (Å²) in [6.07, 6.45) is 0. The van der Waals surface area contributed by atoms with E-state index in [1.54, 1.807) is 0 Å². The molecule has 2 aliphatic carbocycles. The van der Waals surface area contributed by atoms with Gasteiger partial charge in [-0.25, -0.2) is 0 Å². The Morgan fingerprint density at radius 2 is 0.716 bits per heavy atom. The van der Waals surface area contributed by atoms with E-state index < -0.39 is 10.8 Å². The van der Waals surface area contributed by atoms with Crippen LogP contribution in [0.25, 0.3) is 33.4 Å². The first-order valence-electron chi connectivity index (χ1n) is 23.6. The topological polar surface area (TPSA) is 3.24 Å². The number of nitrogens with zero attached hydrogens (tertiary/aromatic N) is 1. The molecular weight excluding hydrogens is 807 g/mol. The minimum absolute atomic E-state index is 0.0892. The molecule has 67 heavy (non-hydrogen) atoms. The molecule has 10 aromatic carbocycles. The van der Waals surface area contributed by atoms with Gasteiger partial charge in [0.1, 0.15) is 0 Å². The minimum atomic E-state index is -0.541. The lowest BCUT2D eigenvalue weighted by Crippen LogP contribution is -2.29. The van der Waals surface area contributed by atoms with Gasteiger partial charge in [-0.3, -0.25) is 0 Å². The highest BCUT2D eigenvalue weighted by Gasteiger charge is 2.49. The fourth-order valence-electron chi connectivity index (χ4n) is 11.6. The molecule has 0 amide bonds.